The van der Waals surface area contributed by atoms with E-state index in [1.54, 1.807) is 0 Å². The number of nitrogens with one attached hydrogen (secondary N) is 4. The first-order valence-electron chi connectivity index (χ1n) is 44.8. The van der Waals surface area contributed by atoms with Crippen LogP contribution in [0.4, 0.5) is 4.79 Å². The SMILES string of the molecule is CCCCCCCCCCCCCC(=O)N[C@@H](COP(=O)([O-])OCCNC(=O)NCCOP(=O)([O-])OC[C@H](NC(=O)CCCCCCCCCCCCC)C(CCCCCCCCCCC)OC(=O)CCCCCCCCCCC)C(CCCCCCCCCCC)OC(=O)CCCCCCCCCCC.[Na+].[Na+]. The summed E-state index contributed by atoms with van der Waals surface area (Å²) in [6.45, 7) is 10.7. The van der Waals surface area contributed by atoms with Crippen LogP contribution in [0.15, 0.2) is 0 Å². The third kappa shape index (κ3) is 77.9. The van der Waals surface area contributed by atoms with E-state index in [-0.39, 0.29) is 122 Å². The Morgan fingerprint density at radius 3 is 0.722 bits per heavy atom. The van der Waals surface area contributed by atoms with Gasteiger partial charge in [-0.15, -0.1) is 0 Å². The molecule has 0 bridgehead atoms. The van der Waals surface area contributed by atoms with Gasteiger partial charge in [-0.1, -0.05) is 375 Å². The second kappa shape index (κ2) is 84.3. The molecule has 19 nitrogen and oxygen atoms in total. The van der Waals surface area contributed by atoms with E-state index in [1.165, 1.54) is 205 Å². The first-order valence-corrected chi connectivity index (χ1v) is 47.7. The Labute approximate surface area is 707 Å². The molecule has 4 unspecified atom stereocenters. The van der Waals surface area contributed by atoms with Gasteiger partial charge in [0.1, 0.15) is 12.2 Å². The number of esters is 2. The molecule has 0 aromatic heterocycles. The van der Waals surface area contributed by atoms with Gasteiger partial charge in [0.2, 0.25) is 11.8 Å². The number of phosphoric acid groups is 2. The van der Waals surface area contributed by atoms with Crippen molar-refractivity contribution in [3.05, 3.63) is 0 Å². The first-order chi connectivity index (χ1) is 51.6. The molecular weight excluding hydrogens is 1420 g/mol. The third-order valence-electron chi connectivity index (χ3n) is 20.4. The average Bonchev–Trinajstić information content (AvgIpc) is 0.880. The normalized spacial score (nSPS) is 13.6. The van der Waals surface area contributed by atoms with Gasteiger partial charge in [0.05, 0.1) is 38.5 Å². The Balaban J connectivity index is -0.0000551. The number of carbonyl (C=O) groups excluding carboxylic acids is 5. The van der Waals surface area contributed by atoms with E-state index in [9.17, 15) is 42.9 Å². The zero-order valence-corrected chi connectivity index (χ0v) is 77.1. The van der Waals surface area contributed by atoms with Crippen LogP contribution in [0, 0.1) is 0 Å². The maximum absolute atomic E-state index is 13.7. The minimum Gasteiger partial charge on any atom is -0.756 e. The first kappa shape index (κ1) is 112. The summed E-state index contributed by atoms with van der Waals surface area (Å²) in [5, 5.41) is 11.0. The maximum atomic E-state index is 13.7. The van der Waals surface area contributed by atoms with Gasteiger partial charge in [-0.3, -0.25) is 28.3 Å². The molecule has 6 atom stereocenters. The molecular formula is C85H166N4Na2O15P2. The average molecular weight is 1590 g/mol. The predicted molar refractivity (Wildman–Crippen MR) is 434 cm³/mol. The van der Waals surface area contributed by atoms with Crippen LogP contribution in [0.5, 0.6) is 0 Å². The second-order valence-corrected chi connectivity index (χ2v) is 33.5. The van der Waals surface area contributed by atoms with Crippen molar-refractivity contribution in [2.45, 2.75) is 477 Å². The predicted octanol–water partition coefficient (Wildman–Crippen LogP) is 17.2. The van der Waals surface area contributed by atoms with Crippen LogP contribution in [0.25, 0.3) is 0 Å². The third-order valence-corrected chi connectivity index (χ3v) is 22.4. The van der Waals surface area contributed by atoms with Gasteiger partial charge in [0.25, 0.3) is 15.6 Å². The van der Waals surface area contributed by atoms with E-state index in [1.807, 2.05) is 0 Å². The number of hydrogen-bond donors (Lipinski definition) is 4. The Morgan fingerprint density at radius 2 is 0.491 bits per heavy atom. The topological polar surface area (TPSA) is 269 Å². The van der Waals surface area contributed by atoms with Crippen molar-refractivity contribution in [3.8, 4) is 0 Å². The number of rotatable bonds is 84. The molecule has 0 aliphatic rings. The molecule has 0 radical (unpaired) electrons. The Morgan fingerprint density at radius 1 is 0.287 bits per heavy atom. The molecule has 0 heterocycles. The van der Waals surface area contributed by atoms with Gasteiger partial charge in [-0.25, -0.2) is 4.79 Å². The maximum Gasteiger partial charge on any atom is 1.00 e. The summed E-state index contributed by atoms with van der Waals surface area (Å²) < 4.78 is 60.4. The fraction of sp³-hybridized carbons (Fsp3) is 0.941. The van der Waals surface area contributed by atoms with Crippen molar-refractivity contribution >= 4 is 45.4 Å². The fourth-order valence-electron chi connectivity index (χ4n) is 13.7. The van der Waals surface area contributed by atoms with Crippen molar-refractivity contribution in [2.24, 2.45) is 0 Å². The number of hydrogen-bond acceptors (Lipinski definition) is 15. The molecule has 4 N–H and O–H groups in total. The smallest absolute Gasteiger partial charge is 0.756 e. The minimum atomic E-state index is -5.05. The molecule has 0 aliphatic heterocycles. The van der Waals surface area contributed by atoms with Crippen LogP contribution >= 0.6 is 15.6 Å². The summed E-state index contributed by atoms with van der Waals surface area (Å²) in [5.41, 5.74) is 0. The molecule has 628 valence electrons. The molecule has 0 aromatic rings. The molecule has 0 aliphatic carbocycles. The quantitative estimate of drug-likeness (QED) is 0.0191. The largest absolute Gasteiger partial charge is 1.00 e. The van der Waals surface area contributed by atoms with Gasteiger partial charge >= 0.3 is 77.1 Å². The molecule has 0 saturated heterocycles. The second-order valence-electron chi connectivity index (χ2n) is 30.7. The molecule has 0 fully saturated rings. The van der Waals surface area contributed by atoms with Crippen molar-refractivity contribution in [3.63, 3.8) is 0 Å². The van der Waals surface area contributed by atoms with E-state index in [2.05, 4.69) is 62.8 Å². The van der Waals surface area contributed by atoms with E-state index in [0.29, 0.717) is 51.4 Å². The molecule has 0 saturated carbocycles. The summed E-state index contributed by atoms with van der Waals surface area (Å²) in [5.74, 6) is -1.32. The van der Waals surface area contributed by atoms with E-state index in [0.717, 1.165) is 128 Å². The van der Waals surface area contributed by atoms with Gasteiger partial charge < -0.3 is 58.6 Å². The van der Waals surface area contributed by atoms with Crippen molar-refractivity contribution < 1.29 is 130 Å². The number of ether oxygens (including phenoxy) is 2. The molecule has 0 rings (SSSR count). The Hall–Kier alpha value is -0.630. The van der Waals surface area contributed by atoms with E-state index < -0.39 is 72.4 Å². The molecule has 0 spiro atoms. The standard InChI is InChI=1S/C85H168N4O15P2.2Na/c1-7-13-19-25-31-37-39-45-49-55-61-67-81(90)88-77(79(65-59-53-47-41-33-27-21-15-9-3)103-83(92)69-63-57-51-43-35-29-23-17-11-5)75-101-105(95,96)99-73-71-86-85(94)87-72-74-100-106(97,98)102-76-78(89-82(91)68-62-56-50-46-40-38-32-26-20-14-8-2)80(66-60-54-48-42-34-28-22-16-10-4)104-84(93)70-64-58-52-44-36-30-24-18-12-6;;/h77-80H,7-76H2,1-6H3,(H,88,90)(H,89,91)(H,95,96)(H,97,98)(H2,86,87,94);;/q;2*+1/p-2/t77-,78-,79?,80?;;/m0../s1. The molecule has 23 heteroatoms. The van der Waals surface area contributed by atoms with Crippen LogP contribution in [0.1, 0.15) is 452 Å². The van der Waals surface area contributed by atoms with Crippen LogP contribution in [0.2, 0.25) is 0 Å². The van der Waals surface area contributed by atoms with Gasteiger partial charge in [-0.2, -0.15) is 0 Å². The van der Waals surface area contributed by atoms with Gasteiger partial charge in [0.15, 0.2) is 0 Å². The van der Waals surface area contributed by atoms with Crippen LogP contribution < -0.4 is 90.2 Å². The van der Waals surface area contributed by atoms with Crippen molar-refractivity contribution in [1.82, 2.24) is 21.3 Å². The zero-order valence-electron chi connectivity index (χ0n) is 71.3. The van der Waals surface area contributed by atoms with E-state index >= 15 is 0 Å². The van der Waals surface area contributed by atoms with E-state index in [4.69, 9.17) is 27.6 Å². The van der Waals surface area contributed by atoms with Crippen molar-refractivity contribution in [1.29, 1.82) is 0 Å². The van der Waals surface area contributed by atoms with Crippen molar-refractivity contribution in [2.75, 3.05) is 39.5 Å². The molecule has 0 aromatic carbocycles. The minimum absolute atomic E-state index is 0. The Bertz CT molecular complexity index is 1970. The molecule has 4 amide bonds. The zero-order chi connectivity index (χ0) is 77.8. The van der Waals surface area contributed by atoms with Gasteiger partial charge in [0, 0.05) is 38.8 Å². The summed E-state index contributed by atoms with van der Waals surface area (Å²) in [7, 11) is -10.1. The Kier molecular flexibility index (Phi) is 87.0. The summed E-state index contributed by atoms with van der Waals surface area (Å²) in [4.78, 5) is 94.2. The van der Waals surface area contributed by atoms with Crippen LogP contribution in [0.3, 0.4) is 0 Å². The number of amides is 4. The molecule has 108 heavy (non-hydrogen) atoms. The number of carbonyl (C=O) groups is 5. The summed E-state index contributed by atoms with van der Waals surface area (Å²) >= 11 is 0. The monoisotopic (exact) mass is 1590 g/mol. The number of urea groups is 1. The van der Waals surface area contributed by atoms with Crippen LogP contribution in [-0.4, -0.2) is 93.6 Å². The fourth-order valence-corrected chi connectivity index (χ4v) is 15.1. The van der Waals surface area contributed by atoms with Crippen LogP contribution in [-0.2, 0) is 55.9 Å². The number of unbranched alkanes of at least 4 members (excludes halogenated alkanes) is 52. The summed E-state index contributed by atoms with van der Waals surface area (Å²) in [6.07, 6.45) is 64.2. The van der Waals surface area contributed by atoms with Gasteiger partial charge in [-0.05, 0) is 51.4 Å². The summed E-state index contributed by atoms with van der Waals surface area (Å²) in [6, 6.07) is -2.71. The number of phosphoric ester groups is 2.